The van der Waals surface area contributed by atoms with Gasteiger partial charge in [0.05, 0.1) is 5.56 Å². The molecule has 0 amide bonds. The van der Waals surface area contributed by atoms with Gasteiger partial charge >= 0.3 is 17.9 Å². The number of hydrogen-bond donors (Lipinski definition) is 5. The molecule has 0 heterocycles. The maximum absolute atomic E-state index is 10.3. The second-order valence-electron chi connectivity index (χ2n) is 3.77. The van der Waals surface area contributed by atoms with Crippen LogP contribution in [0.3, 0.4) is 0 Å². The van der Waals surface area contributed by atoms with Gasteiger partial charge < -0.3 is 26.8 Å². The SMILES string of the molecule is NC(CCC(=O)O)C(=O)O.Nc1ccccc1C(=O)O. The van der Waals surface area contributed by atoms with Crippen LogP contribution >= 0.6 is 0 Å². The van der Waals surface area contributed by atoms with Crippen molar-refractivity contribution in [2.24, 2.45) is 5.73 Å². The van der Waals surface area contributed by atoms with E-state index in [1.807, 2.05) is 0 Å². The van der Waals surface area contributed by atoms with Gasteiger partial charge in [-0.05, 0) is 18.6 Å². The molecule has 0 radical (unpaired) electrons. The van der Waals surface area contributed by atoms with Gasteiger partial charge in [0, 0.05) is 12.1 Å². The van der Waals surface area contributed by atoms with Gasteiger partial charge in [-0.2, -0.15) is 0 Å². The van der Waals surface area contributed by atoms with Crippen molar-refractivity contribution in [3.8, 4) is 0 Å². The molecule has 1 rings (SSSR count). The number of nitrogen functional groups attached to an aromatic ring is 1. The molecule has 1 atom stereocenters. The Labute approximate surface area is 114 Å². The van der Waals surface area contributed by atoms with Gasteiger partial charge in [0.2, 0.25) is 0 Å². The first kappa shape index (κ1) is 17.4. The number of carboxylic acids is 3. The average molecular weight is 284 g/mol. The molecule has 8 nitrogen and oxygen atoms in total. The van der Waals surface area contributed by atoms with Gasteiger partial charge in [-0.1, -0.05) is 12.1 Å². The molecule has 8 heteroatoms. The molecule has 20 heavy (non-hydrogen) atoms. The molecule has 1 aromatic rings. The van der Waals surface area contributed by atoms with Crippen molar-refractivity contribution in [3.63, 3.8) is 0 Å². The number of carboxylic acid groups (broad SMARTS) is 3. The number of nitrogens with two attached hydrogens (primary N) is 2. The molecule has 0 spiro atoms. The Kier molecular flexibility index (Phi) is 7.38. The average Bonchev–Trinajstić information content (AvgIpc) is 2.36. The second kappa shape index (κ2) is 8.48. The first-order chi connectivity index (χ1) is 9.25. The first-order valence-corrected chi connectivity index (χ1v) is 5.53. The number of carbonyl (C=O) groups is 3. The zero-order valence-corrected chi connectivity index (χ0v) is 10.5. The summed E-state index contributed by atoms with van der Waals surface area (Å²) in [7, 11) is 0. The van der Waals surface area contributed by atoms with Crippen LogP contribution in [0.25, 0.3) is 0 Å². The van der Waals surface area contributed by atoms with Gasteiger partial charge in [0.15, 0.2) is 0 Å². The molecular formula is C12H16N2O6. The lowest BCUT2D eigenvalue weighted by Gasteiger charge is -2.01. The highest BCUT2D eigenvalue weighted by molar-refractivity contribution is 5.93. The first-order valence-electron chi connectivity index (χ1n) is 5.53. The fraction of sp³-hybridized carbons (Fsp3) is 0.250. The number of aromatic carboxylic acids is 1. The summed E-state index contributed by atoms with van der Waals surface area (Å²) in [5.41, 5.74) is 10.8. The quantitative estimate of drug-likeness (QED) is 0.479. The smallest absolute Gasteiger partial charge is 0.337 e. The minimum atomic E-state index is -1.17. The van der Waals surface area contributed by atoms with E-state index in [1.165, 1.54) is 6.07 Å². The number of rotatable bonds is 5. The van der Waals surface area contributed by atoms with Crippen molar-refractivity contribution in [2.45, 2.75) is 18.9 Å². The van der Waals surface area contributed by atoms with Crippen molar-refractivity contribution in [1.29, 1.82) is 0 Å². The minimum absolute atomic E-state index is 0.0231. The zero-order chi connectivity index (χ0) is 15.7. The molecular weight excluding hydrogens is 268 g/mol. The standard InChI is InChI=1S/C7H7NO2.C5H9NO4/c8-6-4-2-1-3-5(6)7(9)10;6-3(5(9)10)1-2-4(7)8/h1-4H,8H2,(H,9,10);3H,1-2,6H2,(H,7,8)(H,9,10). The number of para-hydroxylation sites is 1. The summed E-state index contributed by atoms with van der Waals surface area (Å²) in [5, 5.41) is 24.8. The molecule has 1 aromatic carbocycles. The summed E-state index contributed by atoms with van der Waals surface area (Å²) in [4.78, 5) is 30.2. The molecule has 0 saturated heterocycles. The van der Waals surface area contributed by atoms with Gasteiger partial charge in [0.1, 0.15) is 6.04 Å². The monoisotopic (exact) mass is 284 g/mol. The Morgan fingerprint density at radius 1 is 1.10 bits per heavy atom. The number of aliphatic carboxylic acids is 2. The van der Waals surface area contributed by atoms with Gasteiger partial charge in [0.25, 0.3) is 0 Å². The molecule has 0 bridgehead atoms. The summed E-state index contributed by atoms with van der Waals surface area (Å²) >= 11 is 0. The normalized spacial score (nSPS) is 10.8. The van der Waals surface area contributed by atoms with Crippen LogP contribution in [-0.2, 0) is 9.59 Å². The van der Waals surface area contributed by atoms with Gasteiger partial charge in [-0.15, -0.1) is 0 Å². The van der Waals surface area contributed by atoms with E-state index in [0.29, 0.717) is 5.69 Å². The number of anilines is 1. The predicted molar refractivity (Wildman–Crippen MR) is 70.3 cm³/mol. The van der Waals surface area contributed by atoms with Gasteiger partial charge in [-0.25, -0.2) is 4.79 Å². The van der Waals surface area contributed by atoms with Crippen LogP contribution in [-0.4, -0.2) is 39.3 Å². The van der Waals surface area contributed by atoms with Crippen LogP contribution in [0.5, 0.6) is 0 Å². The molecule has 7 N–H and O–H groups in total. The lowest BCUT2D eigenvalue weighted by Crippen LogP contribution is -2.30. The fourth-order valence-corrected chi connectivity index (χ4v) is 1.09. The van der Waals surface area contributed by atoms with E-state index in [9.17, 15) is 14.4 Å². The van der Waals surface area contributed by atoms with Crippen molar-refractivity contribution < 1.29 is 29.7 Å². The molecule has 0 aliphatic carbocycles. The highest BCUT2D eigenvalue weighted by Crippen LogP contribution is 2.09. The molecule has 0 aromatic heterocycles. The summed E-state index contributed by atoms with van der Waals surface area (Å²) < 4.78 is 0. The van der Waals surface area contributed by atoms with Crippen LogP contribution < -0.4 is 11.5 Å². The summed E-state index contributed by atoms with van der Waals surface area (Å²) in [6.45, 7) is 0. The maximum Gasteiger partial charge on any atom is 0.337 e. The largest absolute Gasteiger partial charge is 0.481 e. The maximum atomic E-state index is 10.3. The molecule has 1 unspecified atom stereocenters. The van der Waals surface area contributed by atoms with E-state index in [-0.39, 0.29) is 18.4 Å². The molecule has 0 aliphatic heterocycles. The van der Waals surface area contributed by atoms with Crippen molar-refractivity contribution in [1.82, 2.24) is 0 Å². The van der Waals surface area contributed by atoms with Crippen LogP contribution in [0, 0.1) is 0 Å². The Morgan fingerprint density at radius 3 is 2.00 bits per heavy atom. The van der Waals surface area contributed by atoms with E-state index in [4.69, 9.17) is 26.8 Å². The van der Waals surface area contributed by atoms with Gasteiger partial charge in [-0.3, -0.25) is 9.59 Å². The van der Waals surface area contributed by atoms with Crippen LogP contribution in [0.15, 0.2) is 24.3 Å². The minimum Gasteiger partial charge on any atom is -0.481 e. The fourth-order valence-electron chi connectivity index (χ4n) is 1.09. The third-order valence-corrected chi connectivity index (χ3v) is 2.18. The third-order valence-electron chi connectivity index (χ3n) is 2.18. The molecule has 0 saturated carbocycles. The number of hydrogen-bond acceptors (Lipinski definition) is 5. The van der Waals surface area contributed by atoms with E-state index in [0.717, 1.165) is 0 Å². The van der Waals surface area contributed by atoms with Crippen LogP contribution in [0.2, 0.25) is 0 Å². The van der Waals surface area contributed by atoms with Crippen LogP contribution in [0.1, 0.15) is 23.2 Å². The highest BCUT2D eigenvalue weighted by Gasteiger charge is 2.12. The molecule has 110 valence electrons. The van der Waals surface area contributed by atoms with E-state index >= 15 is 0 Å². The summed E-state index contributed by atoms with van der Waals surface area (Å²) in [6.07, 6.45) is -0.224. The zero-order valence-electron chi connectivity index (χ0n) is 10.5. The van der Waals surface area contributed by atoms with Crippen molar-refractivity contribution in [3.05, 3.63) is 29.8 Å². The lowest BCUT2D eigenvalue weighted by molar-refractivity contribution is -0.139. The number of benzene rings is 1. The predicted octanol–water partition coefficient (Wildman–Crippen LogP) is 0.230. The Hall–Kier alpha value is -2.61. The summed E-state index contributed by atoms with van der Waals surface area (Å²) in [5.74, 6) is -3.18. The van der Waals surface area contributed by atoms with E-state index < -0.39 is 23.9 Å². The lowest BCUT2D eigenvalue weighted by atomic mass is 10.2. The van der Waals surface area contributed by atoms with E-state index in [1.54, 1.807) is 18.2 Å². The molecule has 0 fully saturated rings. The third kappa shape index (κ3) is 6.97. The second-order valence-corrected chi connectivity index (χ2v) is 3.77. The Morgan fingerprint density at radius 2 is 1.65 bits per heavy atom. The highest BCUT2D eigenvalue weighted by atomic mass is 16.4. The Bertz CT molecular complexity index is 489. The van der Waals surface area contributed by atoms with Crippen molar-refractivity contribution in [2.75, 3.05) is 5.73 Å². The topological polar surface area (TPSA) is 164 Å². The van der Waals surface area contributed by atoms with E-state index in [2.05, 4.69) is 0 Å². The molecule has 0 aliphatic rings. The van der Waals surface area contributed by atoms with Crippen LogP contribution in [0.4, 0.5) is 5.69 Å². The van der Waals surface area contributed by atoms with Crippen molar-refractivity contribution >= 4 is 23.6 Å². The Balaban J connectivity index is 0.000000361. The summed E-state index contributed by atoms with van der Waals surface area (Å²) in [6, 6.07) is 5.30.